The van der Waals surface area contributed by atoms with Gasteiger partial charge < -0.3 is 0 Å². The van der Waals surface area contributed by atoms with Crippen LogP contribution in [-0.4, -0.2) is 48.2 Å². The molecule has 0 radical (unpaired) electrons. The normalized spacial score (nSPS) is 14.4. The summed E-state index contributed by atoms with van der Waals surface area (Å²) in [4.78, 5) is 38.1. The van der Waals surface area contributed by atoms with E-state index < -0.39 is 0 Å². The van der Waals surface area contributed by atoms with E-state index in [9.17, 15) is 14.4 Å². The molecule has 1 aliphatic heterocycles. The fourth-order valence-electron chi connectivity index (χ4n) is 3.24. The lowest BCUT2D eigenvalue weighted by Crippen LogP contribution is -2.33. The largest absolute Gasteiger partial charge is 0.282 e. The van der Waals surface area contributed by atoms with Crippen molar-refractivity contribution in [2.45, 2.75) is 24.5 Å². The Labute approximate surface area is 158 Å². The summed E-state index contributed by atoms with van der Waals surface area (Å²) < 4.78 is 3.27. The molecule has 2 aromatic heterocycles. The number of fused-ring (bicyclic) bond motifs is 3. The second kappa shape index (κ2) is 6.99. The van der Waals surface area contributed by atoms with E-state index in [1.54, 1.807) is 22.6 Å². The van der Waals surface area contributed by atoms with Crippen molar-refractivity contribution >= 4 is 40.3 Å². The number of amides is 2. The summed E-state index contributed by atoms with van der Waals surface area (Å²) in [6.45, 7) is 4.47. The average molecular weight is 383 g/mol. The summed E-state index contributed by atoms with van der Waals surface area (Å²) in [5, 5.41) is 9.36. The predicted octanol–water partition coefficient (Wildman–Crippen LogP) is 1.47. The summed E-state index contributed by atoms with van der Waals surface area (Å²) in [7, 11) is 0. The molecule has 27 heavy (non-hydrogen) atoms. The van der Waals surface area contributed by atoms with Crippen LogP contribution >= 0.6 is 11.8 Å². The summed E-state index contributed by atoms with van der Waals surface area (Å²) in [6.07, 6.45) is 2.75. The van der Waals surface area contributed by atoms with E-state index in [2.05, 4.69) is 16.8 Å². The number of thioether (sulfide) groups is 1. The van der Waals surface area contributed by atoms with Gasteiger partial charge in [-0.25, -0.2) is 0 Å². The van der Waals surface area contributed by atoms with Crippen molar-refractivity contribution in [2.75, 3.05) is 12.3 Å². The van der Waals surface area contributed by atoms with Crippen LogP contribution in [0.5, 0.6) is 0 Å². The minimum absolute atomic E-state index is 0.0848. The van der Waals surface area contributed by atoms with Gasteiger partial charge in [0.2, 0.25) is 17.6 Å². The first-order chi connectivity index (χ1) is 13.1. The number of imide groups is 1. The minimum Gasteiger partial charge on any atom is -0.282 e. The lowest BCUT2D eigenvalue weighted by atomic mass is 10.2. The quantitative estimate of drug-likeness (QED) is 0.490. The molecule has 0 N–H and O–H groups in total. The molecule has 1 aromatic carbocycles. The molecule has 1 fully saturated rings. The van der Waals surface area contributed by atoms with Crippen LogP contribution in [0.1, 0.15) is 12.8 Å². The molecule has 3 aromatic rings. The number of rotatable bonds is 5. The summed E-state index contributed by atoms with van der Waals surface area (Å²) in [6, 6.07) is 7.20. The molecule has 1 aliphatic rings. The zero-order valence-electron chi connectivity index (χ0n) is 14.5. The van der Waals surface area contributed by atoms with Gasteiger partial charge in [-0.3, -0.25) is 28.3 Å². The number of nitrogens with zero attached hydrogens (tertiary/aromatic N) is 5. The number of allylic oxidation sites excluding steroid dienone is 1. The molecule has 0 spiro atoms. The predicted molar refractivity (Wildman–Crippen MR) is 102 cm³/mol. The second-order valence-corrected chi connectivity index (χ2v) is 7.11. The topological polar surface area (TPSA) is 89.6 Å². The zero-order chi connectivity index (χ0) is 19.0. The molecule has 0 saturated carbocycles. The van der Waals surface area contributed by atoms with Crippen molar-refractivity contribution in [1.29, 1.82) is 0 Å². The Kier molecular flexibility index (Phi) is 4.53. The molecule has 1 saturated heterocycles. The lowest BCUT2D eigenvalue weighted by molar-refractivity contribution is -0.140. The van der Waals surface area contributed by atoms with Crippen LogP contribution in [0.25, 0.3) is 16.7 Å². The Hall–Kier alpha value is -2.94. The molecular formula is C18H17N5O3S. The molecular weight excluding hydrogens is 366 g/mol. The average Bonchev–Trinajstić information content (AvgIpc) is 3.29. The SMILES string of the molecule is C=CCn1c(=O)c2ccccc2n2c(SCC(=O)N3CCCC3=O)nnc12. The highest BCUT2D eigenvalue weighted by molar-refractivity contribution is 7.99. The third-order valence-electron chi connectivity index (χ3n) is 4.49. The van der Waals surface area contributed by atoms with Crippen LogP contribution in [0.4, 0.5) is 0 Å². The number of hydrogen-bond donors (Lipinski definition) is 0. The first kappa shape index (κ1) is 17.5. The van der Waals surface area contributed by atoms with Gasteiger partial charge in [0.15, 0.2) is 5.16 Å². The summed E-state index contributed by atoms with van der Waals surface area (Å²) >= 11 is 1.21. The van der Waals surface area contributed by atoms with Gasteiger partial charge in [-0.15, -0.1) is 16.8 Å². The second-order valence-electron chi connectivity index (χ2n) is 6.17. The van der Waals surface area contributed by atoms with Gasteiger partial charge in [-0.1, -0.05) is 30.0 Å². The Balaban J connectivity index is 1.76. The fourth-order valence-corrected chi connectivity index (χ4v) is 4.05. The number of benzene rings is 1. The summed E-state index contributed by atoms with van der Waals surface area (Å²) in [5.74, 6) is 0.118. The Morgan fingerprint density at radius 2 is 2.07 bits per heavy atom. The van der Waals surface area contributed by atoms with Crippen molar-refractivity contribution in [3.63, 3.8) is 0 Å². The van der Waals surface area contributed by atoms with Crippen molar-refractivity contribution in [3.05, 3.63) is 47.3 Å². The number of carbonyl (C=O) groups is 2. The Morgan fingerprint density at radius 1 is 1.26 bits per heavy atom. The van der Waals surface area contributed by atoms with Gasteiger partial charge in [0.05, 0.1) is 16.7 Å². The minimum atomic E-state index is -0.233. The number of para-hydroxylation sites is 1. The van der Waals surface area contributed by atoms with Gasteiger partial charge in [-0.2, -0.15) is 0 Å². The molecule has 8 nitrogen and oxygen atoms in total. The maximum atomic E-state index is 12.7. The Morgan fingerprint density at radius 3 is 2.81 bits per heavy atom. The highest BCUT2D eigenvalue weighted by Crippen LogP contribution is 2.22. The van der Waals surface area contributed by atoms with E-state index in [0.717, 1.165) is 0 Å². The molecule has 0 unspecified atom stereocenters. The van der Waals surface area contributed by atoms with Gasteiger partial charge in [0, 0.05) is 19.5 Å². The monoisotopic (exact) mass is 383 g/mol. The van der Waals surface area contributed by atoms with Crippen LogP contribution in [0.15, 0.2) is 46.9 Å². The van der Waals surface area contributed by atoms with E-state index in [1.807, 2.05) is 12.1 Å². The standard InChI is InChI=1S/C18H17N5O3S/c1-2-9-22-16(26)12-6-3-4-7-13(12)23-17(22)19-20-18(23)27-11-15(25)21-10-5-8-14(21)24/h2-4,6-7H,1,5,8-11H2. The molecule has 0 bridgehead atoms. The van der Waals surface area contributed by atoms with Crippen molar-refractivity contribution in [3.8, 4) is 0 Å². The number of aromatic nitrogens is 4. The van der Waals surface area contributed by atoms with Crippen molar-refractivity contribution in [2.24, 2.45) is 0 Å². The Bertz CT molecular complexity index is 1130. The van der Waals surface area contributed by atoms with Crippen LogP contribution in [0, 0.1) is 0 Å². The maximum absolute atomic E-state index is 12.7. The molecule has 138 valence electrons. The first-order valence-corrected chi connectivity index (χ1v) is 9.54. The lowest BCUT2D eigenvalue weighted by Gasteiger charge is -2.13. The van der Waals surface area contributed by atoms with Crippen LogP contribution < -0.4 is 5.56 Å². The van der Waals surface area contributed by atoms with Gasteiger partial charge in [0.1, 0.15) is 0 Å². The third kappa shape index (κ3) is 2.93. The highest BCUT2D eigenvalue weighted by atomic mass is 32.2. The number of hydrogen-bond acceptors (Lipinski definition) is 6. The first-order valence-electron chi connectivity index (χ1n) is 8.55. The fraction of sp³-hybridized carbons (Fsp3) is 0.278. The van der Waals surface area contributed by atoms with Gasteiger partial charge >= 0.3 is 0 Å². The van der Waals surface area contributed by atoms with Crippen molar-refractivity contribution in [1.82, 2.24) is 24.1 Å². The maximum Gasteiger partial charge on any atom is 0.263 e. The van der Waals surface area contributed by atoms with E-state index in [1.165, 1.54) is 21.2 Å². The van der Waals surface area contributed by atoms with E-state index in [4.69, 9.17) is 0 Å². The van der Waals surface area contributed by atoms with E-state index >= 15 is 0 Å². The van der Waals surface area contributed by atoms with E-state index in [0.29, 0.717) is 47.8 Å². The molecule has 0 atom stereocenters. The molecule has 2 amide bonds. The highest BCUT2D eigenvalue weighted by Gasteiger charge is 2.27. The molecule has 0 aliphatic carbocycles. The molecule has 9 heteroatoms. The van der Waals surface area contributed by atoms with Crippen LogP contribution in [0.2, 0.25) is 0 Å². The summed E-state index contributed by atoms with van der Waals surface area (Å²) in [5.41, 5.74) is 0.510. The molecule has 4 rings (SSSR count). The number of carbonyl (C=O) groups excluding carboxylic acids is 2. The van der Waals surface area contributed by atoms with Crippen molar-refractivity contribution < 1.29 is 9.59 Å². The number of likely N-dealkylation sites (tertiary alicyclic amines) is 1. The molecule has 3 heterocycles. The van der Waals surface area contributed by atoms with Crippen LogP contribution in [-0.2, 0) is 16.1 Å². The third-order valence-corrected chi connectivity index (χ3v) is 5.40. The smallest absolute Gasteiger partial charge is 0.263 e. The van der Waals surface area contributed by atoms with Crippen LogP contribution in [0.3, 0.4) is 0 Å². The van der Waals surface area contributed by atoms with Gasteiger partial charge in [-0.05, 0) is 18.6 Å². The van der Waals surface area contributed by atoms with E-state index in [-0.39, 0.29) is 23.1 Å². The van der Waals surface area contributed by atoms with Gasteiger partial charge in [0.25, 0.3) is 5.56 Å². The zero-order valence-corrected chi connectivity index (χ0v) is 15.3.